The maximum atomic E-state index is 12.3. The monoisotopic (exact) mass is 359 g/mol. The van der Waals surface area contributed by atoms with Gasteiger partial charge in [-0.05, 0) is 25.2 Å². The van der Waals surface area contributed by atoms with Gasteiger partial charge in [0, 0.05) is 5.69 Å². The van der Waals surface area contributed by atoms with Gasteiger partial charge in [0.05, 0.1) is 37.3 Å². The van der Waals surface area contributed by atoms with Crippen LogP contribution in [-0.2, 0) is 9.59 Å². The lowest BCUT2D eigenvalue weighted by atomic mass is 10.1. The highest BCUT2D eigenvalue weighted by molar-refractivity contribution is 6.25. The molecule has 1 heterocycles. The molecule has 1 N–H and O–H groups in total. The maximum absolute atomic E-state index is 12.3. The number of aliphatic carboxylic acids is 2. The molecule has 0 aliphatic carbocycles. The number of carbonyl (C=O) groups is 3. The lowest BCUT2D eigenvalue weighted by Crippen LogP contribution is -2.42. The van der Waals surface area contributed by atoms with Gasteiger partial charge in [-0.15, -0.1) is 0 Å². The fourth-order valence-electron chi connectivity index (χ4n) is 2.14. The van der Waals surface area contributed by atoms with E-state index < -0.39 is 11.9 Å². The van der Waals surface area contributed by atoms with Gasteiger partial charge >= 0.3 is 0 Å². The van der Waals surface area contributed by atoms with Crippen LogP contribution < -0.4 is 15.5 Å². The summed E-state index contributed by atoms with van der Waals surface area (Å²) in [5.74, 6) is 1.90. The fourth-order valence-corrected chi connectivity index (χ4v) is 2.14. The first kappa shape index (κ1) is 21.0. The van der Waals surface area contributed by atoms with Crippen molar-refractivity contribution >= 4 is 23.5 Å². The average Bonchev–Trinajstić information content (AvgIpc) is 2.64. The average molecular weight is 359 g/mol. The molecule has 1 aromatic carbocycles. The van der Waals surface area contributed by atoms with Gasteiger partial charge in [-0.25, -0.2) is 0 Å². The summed E-state index contributed by atoms with van der Waals surface area (Å²) in [7, 11) is 0. The number of benzene rings is 1. The number of fused-ring (bicyclic) bond motifs is 1. The van der Waals surface area contributed by atoms with E-state index in [1.165, 1.54) is 0 Å². The maximum Gasteiger partial charge on any atom is 0.258 e. The molecule has 0 fully saturated rings. The Morgan fingerprint density at radius 1 is 1.15 bits per heavy atom. The minimum atomic E-state index is -2.19. The van der Waals surface area contributed by atoms with E-state index in [-0.39, 0.29) is 5.91 Å². The van der Waals surface area contributed by atoms with Crippen molar-refractivity contribution in [2.75, 3.05) is 38.2 Å². The third-order valence-corrected chi connectivity index (χ3v) is 3.66. The minimum Gasteiger partial charge on any atom is -0.543 e. The predicted molar refractivity (Wildman–Crippen MR) is 91.5 cm³/mol. The van der Waals surface area contributed by atoms with E-state index in [0.717, 1.165) is 30.9 Å². The second-order valence-corrected chi connectivity index (χ2v) is 5.27. The van der Waals surface area contributed by atoms with Gasteiger partial charge in [-0.2, -0.15) is 0 Å². The smallest absolute Gasteiger partial charge is 0.258 e. The zero-order chi connectivity index (χ0) is 19.5. The Kier molecular flexibility index (Phi) is 8.67. The number of para-hydroxylation sites is 1. The van der Waals surface area contributed by atoms with Gasteiger partial charge < -0.3 is 30.0 Å². The Labute approximate surface area is 152 Å². The van der Waals surface area contributed by atoms with Gasteiger partial charge in [0.15, 0.2) is 0 Å². The molecule has 0 atom stereocenters. The van der Waals surface area contributed by atoms with E-state index >= 15 is 0 Å². The lowest BCUT2D eigenvalue weighted by Gasteiger charge is -2.28. The van der Waals surface area contributed by atoms with Crippen molar-refractivity contribution in [2.45, 2.75) is 13.8 Å². The molecule has 8 heteroatoms. The fraction of sp³-hybridized carbons (Fsp3) is 0.389. The van der Waals surface area contributed by atoms with Crippen molar-refractivity contribution < 1.29 is 24.6 Å². The van der Waals surface area contributed by atoms with E-state index in [1.54, 1.807) is 4.90 Å². The highest BCUT2D eigenvalue weighted by Crippen LogP contribution is 2.20. The van der Waals surface area contributed by atoms with E-state index in [4.69, 9.17) is 19.8 Å². The third kappa shape index (κ3) is 6.45. The first-order chi connectivity index (χ1) is 12.4. The summed E-state index contributed by atoms with van der Waals surface area (Å²) >= 11 is 0. The molecule has 140 valence electrons. The molecule has 0 saturated heterocycles. The summed E-state index contributed by atoms with van der Waals surface area (Å²) < 4.78 is 0. The molecule has 0 bridgehead atoms. The molecule has 1 aliphatic heterocycles. The van der Waals surface area contributed by atoms with Crippen LogP contribution in [0.3, 0.4) is 0 Å². The number of hydrogen-bond donors (Lipinski definition) is 1. The quantitative estimate of drug-likeness (QED) is 0.505. The topological polar surface area (TPSA) is 116 Å². The molecule has 2 rings (SSSR count). The molecule has 0 radical (unpaired) electrons. The Morgan fingerprint density at radius 3 is 2.35 bits per heavy atom. The van der Waals surface area contributed by atoms with Crippen molar-refractivity contribution in [3.05, 3.63) is 29.8 Å². The minimum absolute atomic E-state index is 0.0523. The summed E-state index contributed by atoms with van der Waals surface area (Å²) in [6.07, 6.45) is 0. The van der Waals surface area contributed by atoms with Crippen molar-refractivity contribution in [1.82, 2.24) is 9.80 Å². The van der Waals surface area contributed by atoms with E-state index in [1.807, 2.05) is 24.3 Å². The number of carboxylic acids is 2. The number of rotatable bonds is 4. The molecular formula is C18H21N3O5-2. The number of anilines is 1. The molecule has 1 aromatic rings. The van der Waals surface area contributed by atoms with E-state index in [0.29, 0.717) is 13.2 Å². The van der Waals surface area contributed by atoms with Gasteiger partial charge in [0.25, 0.3) is 5.91 Å². The summed E-state index contributed by atoms with van der Waals surface area (Å²) in [6.45, 7) is 8.02. The second-order valence-electron chi connectivity index (χ2n) is 5.27. The van der Waals surface area contributed by atoms with Gasteiger partial charge in [-0.3, -0.25) is 9.69 Å². The number of nitrogens with one attached hydrogen (secondary N) is 1. The standard InChI is InChI=1S/C16H21N3O.C2H2O4/c1-3-18(4-2)11-7-8-12-19-13-17-15-10-6-5-9-14(15)16(19)20;3-1(4)2(5)6/h5-6,9-10,17H,3-4,11-13H2,1-2H3;(H,3,4)(H,5,6)/p-2. The normalized spacial score (nSPS) is 12.1. The van der Waals surface area contributed by atoms with Crippen molar-refractivity contribution in [2.24, 2.45) is 0 Å². The highest BCUT2D eigenvalue weighted by atomic mass is 16.4. The van der Waals surface area contributed by atoms with Crippen LogP contribution >= 0.6 is 0 Å². The lowest BCUT2D eigenvalue weighted by molar-refractivity contribution is -0.345. The van der Waals surface area contributed by atoms with Gasteiger partial charge in [-0.1, -0.05) is 37.8 Å². The molecule has 0 saturated carbocycles. The number of hydrogen-bond acceptors (Lipinski definition) is 7. The predicted octanol–water partition coefficient (Wildman–Crippen LogP) is -1.66. The van der Waals surface area contributed by atoms with Crippen LogP contribution in [0.15, 0.2) is 24.3 Å². The van der Waals surface area contributed by atoms with Crippen LogP contribution in [0.1, 0.15) is 24.2 Å². The SMILES string of the molecule is CCN(CC)CC#CCN1CNc2ccccc2C1=O.O=C([O-])C(=O)[O-]. The van der Waals surface area contributed by atoms with Crippen LogP contribution in [0.4, 0.5) is 5.69 Å². The zero-order valence-electron chi connectivity index (χ0n) is 14.8. The Hall–Kier alpha value is -3.05. The highest BCUT2D eigenvalue weighted by Gasteiger charge is 2.22. The molecule has 1 amide bonds. The molecule has 26 heavy (non-hydrogen) atoms. The summed E-state index contributed by atoms with van der Waals surface area (Å²) in [6, 6.07) is 7.59. The second kappa shape index (κ2) is 10.7. The molecule has 0 unspecified atom stereocenters. The number of amides is 1. The van der Waals surface area contributed by atoms with Crippen molar-refractivity contribution in [3.63, 3.8) is 0 Å². The largest absolute Gasteiger partial charge is 0.543 e. The summed E-state index contributed by atoms with van der Waals surface area (Å²) in [5.41, 5.74) is 1.63. The third-order valence-electron chi connectivity index (χ3n) is 3.66. The number of nitrogens with zero attached hydrogens (tertiary/aromatic N) is 2. The van der Waals surface area contributed by atoms with Crippen LogP contribution in [-0.4, -0.2) is 60.5 Å². The molecule has 1 aliphatic rings. The van der Waals surface area contributed by atoms with Gasteiger partial charge in [0.2, 0.25) is 0 Å². The Morgan fingerprint density at radius 2 is 1.77 bits per heavy atom. The van der Waals surface area contributed by atoms with Crippen molar-refractivity contribution in [3.8, 4) is 11.8 Å². The molecule has 0 aromatic heterocycles. The Balaban J connectivity index is 0.000000487. The molecular weight excluding hydrogens is 338 g/mol. The number of carbonyl (C=O) groups excluding carboxylic acids is 3. The zero-order valence-corrected chi connectivity index (χ0v) is 14.8. The van der Waals surface area contributed by atoms with Gasteiger partial charge in [0.1, 0.15) is 0 Å². The summed E-state index contributed by atoms with van der Waals surface area (Å²) in [5, 5.41) is 21.1. The van der Waals surface area contributed by atoms with Crippen LogP contribution in [0.5, 0.6) is 0 Å². The first-order valence-corrected chi connectivity index (χ1v) is 8.13. The van der Waals surface area contributed by atoms with Crippen LogP contribution in [0.25, 0.3) is 0 Å². The first-order valence-electron chi connectivity index (χ1n) is 8.13. The van der Waals surface area contributed by atoms with Crippen LogP contribution in [0, 0.1) is 11.8 Å². The Bertz CT molecular complexity index is 692. The van der Waals surface area contributed by atoms with E-state index in [2.05, 4.69) is 35.9 Å². The van der Waals surface area contributed by atoms with E-state index in [9.17, 15) is 4.79 Å². The van der Waals surface area contributed by atoms with Crippen LogP contribution in [0.2, 0.25) is 0 Å². The summed E-state index contributed by atoms with van der Waals surface area (Å²) in [4.78, 5) is 34.1. The molecule has 0 spiro atoms. The molecule has 8 nitrogen and oxygen atoms in total. The number of carboxylic acid groups (broad SMARTS) is 2. The van der Waals surface area contributed by atoms with Crippen molar-refractivity contribution in [1.29, 1.82) is 0 Å².